The van der Waals surface area contributed by atoms with E-state index in [-0.39, 0.29) is 34.5 Å². The Balaban J connectivity index is 1.76. The first kappa shape index (κ1) is 20.8. The van der Waals surface area contributed by atoms with Crippen LogP contribution in [0.25, 0.3) is 5.65 Å². The molecule has 11 heteroatoms. The van der Waals surface area contributed by atoms with Gasteiger partial charge < -0.3 is 9.94 Å². The number of benzene rings is 1. The van der Waals surface area contributed by atoms with E-state index in [9.17, 15) is 31.9 Å². The Morgan fingerprint density at radius 3 is 2.65 bits per heavy atom. The average Bonchev–Trinajstić information content (AvgIpc) is 3.40. The molecule has 31 heavy (non-hydrogen) atoms. The standard InChI is InChI=1S/C20H14F5N3O3/c21-9-11-5-12(7-13(6-11)20(23,24)25)19(10-22)8-15(27-31-19)16-2-1-14(18(29)30)17-26-3-4-28(16)17/h1-7H,8-10H2,(H,29,30). The number of hydrogen-bond donors (Lipinski definition) is 1. The number of pyridine rings is 1. The molecule has 6 nitrogen and oxygen atoms in total. The van der Waals surface area contributed by atoms with Gasteiger partial charge >= 0.3 is 12.1 Å². The zero-order valence-corrected chi connectivity index (χ0v) is 15.7. The molecule has 3 heterocycles. The molecule has 3 aromatic rings. The summed E-state index contributed by atoms with van der Waals surface area (Å²) in [5, 5.41) is 13.2. The van der Waals surface area contributed by atoms with E-state index in [1.54, 1.807) is 0 Å². The van der Waals surface area contributed by atoms with Crippen LogP contribution < -0.4 is 0 Å². The van der Waals surface area contributed by atoms with Gasteiger partial charge in [0.1, 0.15) is 24.6 Å². The monoisotopic (exact) mass is 439 g/mol. The lowest BCUT2D eigenvalue weighted by atomic mass is 9.87. The van der Waals surface area contributed by atoms with Crippen molar-refractivity contribution in [3.05, 3.63) is 70.7 Å². The molecule has 1 N–H and O–H groups in total. The fourth-order valence-corrected chi connectivity index (χ4v) is 3.53. The van der Waals surface area contributed by atoms with Gasteiger partial charge in [-0.1, -0.05) is 5.16 Å². The zero-order chi connectivity index (χ0) is 22.4. The fraction of sp³-hybridized carbons (Fsp3) is 0.250. The van der Waals surface area contributed by atoms with Crippen molar-refractivity contribution in [2.24, 2.45) is 5.16 Å². The van der Waals surface area contributed by atoms with Crippen LogP contribution in [0.4, 0.5) is 22.0 Å². The van der Waals surface area contributed by atoms with E-state index < -0.39 is 36.7 Å². The summed E-state index contributed by atoms with van der Waals surface area (Å²) >= 11 is 0. The number of aromatic nitrogens is 2. The summed E-state index contributed by atoms with van der Waals surface area (Å²) in [6, 6.07) is 5.22. The van der Waals surface area contributed by atoms with Crippen LogP contribution in [0.15, 0.2) is 47.9 Å². The van der Waals surface area contributed by atoms with Crippen LogP contribution >= 0.6 is 0 Å². The van der Waals surface area contributed by atoms with E-state index >= 15 is 0 Å². The van der Waals surface area contributed by atoms with Gasteiger partial charge in [0.25, 0.3) is 0 Å². The second-order valence-electron chi connectivity index (χ2n) is 7.04. The molecular weight excluding hydrogens is 425 g/mol. The summed E-state index contributed by atoms with van der Waals surface area (Å²) in [6.07, 6.45) is -2.17. The van der Waals surface area contributed by atoms with Gasteiger partial charge in [-0.25, -0.2) is 18.6 Å². The van der Waals surface area contributed by atoms with Gasteiger partial charge in [-0.05, 0) is 35.9 Å². The van der Waals surface area contributed by atoms with E-state index in [0.29, 0.717) is 11.8 Å². The van der Waals surface area contributed by atoms with E-state index in [4.69, 9.17) is 4.84 Å². The first-order chi connectivity index (χ1) is 14.7. The quantitative estimate of drug-likeness (QED) is 0.594. The maximum atomic E-state index is 14.1. The number of oxime groups is 1. The molecule has 0 fully saturated rings. The minimum atomic E-state index is -4.75. The van der Waals surface area contributed by atoms with Crippen LogP contribution in [-0.4, -0.2) is 32.8 Å². The maximum Gasteiger partial charge on any atom is 0.416 e. The minimum absolute atomic E-state index is 0.0736. The van der Waals surface area contributed by atoms with E-state index in [0.717, 1.165) is 12.1 Å². The van der Waals surface area contributed by atoms with Crippen molar-refractivity contribution in [1.29, 1.82) is 0 Å². The Labute approximate surface area is 171 Å². The SMILES string of the molecule is O=C(O)c1ccc(C2=NOC(CF)(c3cc(CF)cc(C(F)(F)F)c3)C2)n2ccnc12. The summed E-state index contributed by atoms with van der Waals surface area (Å²) < 4.78 is 68.5. The van der Waals surface area contributed by atoms with Gasteiger partial charge in [0.2, 0.25) is 0 Å². The number of nitrogens with zero attached hydrogens (tertiary/aromatic N) is 3. The molecule has 0 saturated heterocycles. The third-order valence-corrected chi connectivity index (χ3v) is 5.08. The number of fused-ring (bicyclic) bond motifs is 1. The number of imidazole rings is 1. The normalized spacial score (nSPS) is 18.8. The van der Waals surface area contributed by atoms with E-state index in [1.165, 1.54) is 28.9 Å². The highest BCUT2D eigenvalue weighted by Gasteiger charge is 2.44. The molecule has 4 rings (SSSR count). The number of halogens is 5. The topological polar surface area (TPSA) is 76.2 Å². The zero-order valence-electron chi connectivity index (χ0n) is 15.7. The minimum Gasteiger partial charge on any atom is -0.478 e. The van der Waals surface area contributed by atoms with Gasteiger partial charge in [0.05, 0.1) is 11.3 Å². The van der Waals surface area contributed by atoms with Crippen molar-refractivity contribution < 1.29 is 36.7 Å². The lowest BCUT2D eigenvalue weighted by molar-refractivity contribution is -0.138. The average molecular weight is 439 g/mol. The first-order valence-corrected chi connectivity index (χ1v) is 8.97. The third-order valence-electron chi connectivity index (χ3n) is 5.08. The summed E-state index contributed by atoms with van der Waals surface area (Å²) in [5.41, 5.74) is -2.90. The number of hydrogen-bond acceptors (Lipinski definition) is 4. The van der Waals surface area contributed by atoms with Crippen LogP contribution in [0.5, 0.6) is 0 Å². The molecule has 162 valence electrons. The molecule has 1 aliphatic heterocycles. The smallest absolute Gasteiger partial charge is 0.416 e. The van der Waals surface area contributed by atoms with Gasteiger partial charge in [-0.15, -0.1) is 0 Å². The van der Waals surface area contributed by atoms with Crippen LogP contribution in [0.3, 0.4) is 0 Å². The molecule has 1 unspecified atom stereocenters. The molecule has 1 aliphatic rings. The van der Waals surface area contributed by atoms with Crippen molar-refractivity contribution >= 4 is 17.3 Å². The van der Waals surface area contributed by atoms with Crippen LogP contribution in [0.2, 0.25) is 0 Å². The predicted molar refractivity (Wildman–Crippen MR) is 98.3 cm³/mol. The molecular formula is C20H14F5N3O3. The molecule has 0 spiro atoms. The second-order valence-corrected chi connectivity index (χ2v) is 7.04. The van der Waals surface area contributed by atoms with Crippen molar-refractivity contribution in [2.75, 3.05) is 6.67 Å². The lowest BCUT2D eigenvalue weighted by Gasteiger charge is -2.25. The number of rotatable bonds is 5. The van der Waals surface area contributed by atoms with Crippen LogP contribution in [-0.2, 0) is 23.3 Å². The van der Waals surface area contributed by atoms with E-state index in [1.807, 2.05) is 0 Å². The predicted octanol–water partition coefficient (Wildman–Crippen LogP) is 4.51. The Morgan fingerprint density at radius 2 is 2.00 bits per heavy atom. The largest absolute Gasteiger partial charge is 0.478 e. The van der Waals surface area contributed by atoms with Crippen LogP contribution in [0.1, 0.15) is 39.2 Å². The Morgan fingerprint density at radius 1 is 1.23 bits per heavy atom. The summed E-state index contributed by atoms with van der Waals surface area (Å²) in [6.45, 7) is -2.38. The molecule has 0 saturated carbocycles. The third kappa shape index (κ3) is 3.49. The number of carbonyl (C=O) groups is 1. The molecule has 1 aromatic carbocycles. The number of carboxylic acids is 1. The maximum absolute atomic E-state index is 14.1. The van der Waals surface area contributed by atoms with E-state index in [2.05, 4.69) is 10.1 Å². The van der Waals surface area contributed by atoms with Crippen molar-refractivity contribution in [2.45, 2.75) is 24.9 Å². The molecule has 0 amide bonds. The molecule has 0 aliphatic carbocycles. The van der Waals surface area contributed by atoms with Gasteiger partial charge in [0.15, 0.2) is 11.2 Å². The molecule has 1 atom stereocenters. The Kier molecular flexibility index (Phi) is 4.91. The summed E-state index contributed by atoms with van der Waals surface area (Å²) in [5.74, 6) is -1.20. The molecule has 0 radical (unpaired) electrons. The fourth-order valence-electron chi connectivity index (χ4n) is 3.53. The number of alkyl halides is 5. The van der Waals surface area contributed by atoms with Crippen molar-refractivity contribution in [3.8, 4) is 0 Å². The van der Waals surface area contributed by atoms with Crippen LogP contribution in [0, 0.1) is 0 Å². The second kappa shape index (κ2) is 7.33. The highest BCUT2D eigenvalue weighted by atomic mass is 19.4. The molecule has 2 aromatic heterocycles. The van der Waals surface area contributed by atoms with Crippen molar-refractivity contribution in [3.63, 3.8) is 0 Å². The summed E-state index contributed by atoms with van der Waals surface area (Å²) in [4.78, 5) is 20.7. The number of aromatic carboxylic acids is 1. The van der Waals surface area contributed by atoms with Gasteiger partial charge in [-0.2, -0.15) is 13.2 Å². The molecule has 0 bridgehead atoms. The van der Waals surface area contributed by atoms with Crippen molar-refractivity contribution in [1.82, 2.24) is 9.38 Å². The lowest BCUT2D eigenvalue weighted by Crippen LogP contribution is -2.30. The van der Waals surface area contributed by atoms with Gasteiger partial charge in [-0.3, -0.25) is 4.40 Å². The summed E-state index contributed by atoms with van der Waals surface area (Å²) in [7, 11) is 0. The highest BCUT2D eigenvalue weighted by Crippen LogP contribution is 2.40. The highest BCUT2D eigenvalue weighted by molar-refractivity contribution is 6.03. The Hall–Kier alpha value is -3.50. The Bertz CT molecular complexity index is 1200. The first-order valence-electron chi connectivity index (χ1n) is 8.97. The number of carboxylic acid groups (broad SMARTS) is 1. The van der Waals surface area contributed by atoms with Gasteiger partial charge in [0, 0.05) is 24.4 Å².